The second-order valence-corrected chi connectivity index (χ2v) is 5.91. The van der Waals surface area contributed by atoms with Crippen LogP contribution in [-0.2, 0) is 4.74 Å². The molecule has 1 amide bonds. The highest BCUT2D eigenvalue weighted by Gasteiger charge is 2.56. The van der Waals surface area contributed by atoms with Crippen LogP contribution < -0.4 is 4.74 Å². The van der Waals surface area contributed by atoms with Crippen LogP contribution in [0.15, 0.2) is 18.2 Å². The Morgan fingerprint density at radius 3 is 2.65 bits per heavy atom. The van der Waals surface area contributed by atoms with Crippen molar-refractivity contribution in [2.75, 3.05) is 13.1 Å². The van der Waals surface area contributed by atoms with E-state index in [1.165, 1.54) is 0 Å². The van der Waals surface area contributed by atoms with Gasteiger partial charge in [0, 0.05) is 24.2 Å². The summed E-state index contributed by atoms with van der Waals surface area (Å²) in [5.74, 6) is 0.907. The molecule has 2 atom stereocenters. The van der Waals surface area contributed by atoms with Gasteiger partial charge in [-0.25, -0.2) is 0 Å². The van der Waals surface area contributed by atoms with Gasteiger partial charge in [0.05, 0.1) is 0 Å². The van der Waals surface area contributed by atoms with Gasteiger partial charge in [0.2, 0.25) is 0 Å². The summed E-state index contributed by atoms with van der Waals surface area (Å²) in [6, 6.07) is 5.67. The molecule has 4 nitrogen and oxygen atoms in total. The number of hydrogen-bond acceptors (Lipinski definition) is 3. The smallest absolute Gasteiger partial charge is 0.253 e. The Kier molecular flexibility index (Phi) is 3.01. The summed E-state index contributed by atoms with van der Waals surface area (Å²) in [5, 5.41) is 0. The summed E-state index contributed by atoms with van der Waals surface area (Å²) in [4.78, 5) is 14.2. The number of epoxide rings is 1. The number of carbonyl (C=O) groups is 1. The van der Waals surface area contributed by atoms with E-state index in [0.717, 1.165) is 24.4 Å². The van der Waals surface area contributed by atoms with Gasteiger partial charge in [-0.1, -0.05) is 0 Å². The quantitative estimate of drug-likeness (QED) is 0.797. The molecule has 1 fully saturated rings. The number of carbonyl (C=O) groups excluding carboxylic acids is 1. The maximum Gasteiger partial charge on any atom is 0.253 e. The average Bonchev–Trinajstić information content (AvgIpc) is 3.21. The molecule has 20 heavy (non-hydrogen) atoms. The van der Waals surface area contributed by atoms with E-state index in [1.807, 2.05) is 50.8 Å². The summed E-state index contributed by atoms with van der Waals surface area (Å²) in [6.45, 7) is 9.50. The minimum absolute atomic E-state index is 0.0693. The van der Waals surface area contributed by atoms with E-state index in [-0.39, 0.29) is 23.7 Å². The van der Waals surface area contributed by atoms with Crippen LogP contribution in [0.3, 0.4) is 0 Å². The third-order valence-electron chi connectivity index (χ3n) is 4.16. The van der Waals surface area contributed by atoms with Crippen molar-refractivity contribution >= 4 is 5.91 Å². The third-order valence-corrected chi connectivity index (χ3v) is 4.16. The van der Waals surface area contributed by atoms with Crippen LogP contribution in [0.5, 0.6) is 5.75 Å². The number of benzene rings is 1. The van der Waals surface area contributed by atoms with E-state index in [1.54, 1.807) is 0 Å². The SMILES string of the molecule is CCN(CC)C(=O)c1ccc2c(c1)C1OC1C(C)(C)O2. The number of amides is 1. The van der Waals surface area contributed by atoms with Crippen LogP contribution in [0.2, 0.25) is 0 Å². The van der Waals surface area contributed by atoms with Crippen LogP contribution in [0, 0.1) is 0 Å². The Balaban J connectivity index is 1.92. The number of ether oxygens (including phenoxy) is 2. The third kappa shape index (κ3) is 1.99. The molecule has 2 aliphatic heterocycles. The second-order valence-electron chi connectivity index (χ2n) is 5.91. The van der Waals surface area contributed by atoms with Gasteiger partial charge in [-0.3, -0.25) is 4.79 Å². The minimum atomic E-state index is -0.290. The van der Waals surface area contributed by atoms with Crippen molar-refractivity contribution in [1.29, 1.82) is 0 Å². The van der Waals surface area contributed by atoms with Crippen molar-refractivity contribution in [1.82, 2.24) is 4.90 Å². The molecule has 0 N–H and O–H groups in total. The van der Waals surface area contributed by atoms with Crippen LogP contribution in [0.1, 0.15) is 49.7 Å². The van der Waals surface area contributed by atoms with Crippen molar-refractivity contribution in [2.45, 2.75) is 45.5 Å². The minimum Gasteiger partial charge on any atom is -0.485 e. The fourth-order valence-electron chi connectivity index (χ4n) is 2.91. The second kappa shape index (κ2) is 4.48. The molecule has 0 spiro atoms. The highest BCUT2D eigenvalue weighted by atomic mass is 16.6. The number of fused-ring (bicyclic) bond motifs is 3. The molecule has 0 aliphatic carbocycles. The van der Waals surface area contributed by atoms with Gasteiger partial charge in [0.15, 0.2) is 0 Å². The molecule has 0 saturated carbocycles. The van der Waals surface area contributed by atoms with Gasteiger partial charge in [-0.05, 0) is 45.9 Å². The Hall–Kier alpha value is -1.55. The van der Waals surface area contributed by atoms with Crippen LogP contribution >= 0.6 is 0 Å². The number of nitrogens with zero attached hydrogens (tertiary/aromatic N) is 1. The lowest BCUT2D eigenvalue weighted by Crippen LogP contribution is -2.38. The van der Waals surface area contributed by atoms with Crippen molar-refractivity contribution in [3.8, 4) is 5.75 Å². The molecule has 1 aromatic rings. The molecule has 2 heterocycles. The normalized spacial score (nSPS) is 25.2. The molecule has 0 aromatic heterocycles. The molecule has 0 radical (unpaired) electrons. The van der Waals surface area contributed by atoms with E-state index < -0.39 is 0 Å². The standard InChI is InChI=1S/C16H21NO3/c1-5-17(6-2)15(18)10-7-8-12-11(9-10)13-14(19-13)16(3,4)20-12/h7-9,13-14H,5-6H2,1-4H3. The monoisotopic (exact) mass is 275 g/mol. The zero-order valence-corrected chi connectivity index (χ0v) is 12.5. The molecule has 2 unspecified atom stereocenters. The summed E-state index contributed by atoms with van der Waals surface area (Å²) < 4.78 is 11.7. The molecular formula is C16H21NO3. The van der Waals surface area contributed by atoms with Gasteiger partial charge < -0.3 is 14.4 Å². The van der Waals surface area contributed by atoms with Crippen molar-refractivity contribution in [2.24, 2.45) is 0 Å². The van der Waals surface area contributed by atoms with E-state index in [4.69, 9.17) is 9.47 Å². The molecule has 0 bridgehead atoms. The zero-order valence-electron chi connectivity index (χ0n) is 12.5. The van der Waals surface area contributed by atoms with Gasteiger partial charge in [-0.15, -0.1) is 0 Å². The molecule has 1 aromatic carbocycles. The summed E-state index contributed by atoms with van der Waals surface area (Å²) in [7, 11) is 0. The van der Waals surface area contributed by atoms with Crippen LogP contribution in [-0.4, -0.2) is 35.6 Å². The summed E-state index contributed by atoms with van der Waals surface area (Å²) in [5.41, 5.74) is 1.43. The highest BCUT2D eigenvalue weighted by molar-refractivity contribution is 5.94. The Labute approximate surface area is 119 Å². The lowest BCUT2D eigenvalue weighted by molar-refractivity contribution is 0.0723. The summed E-state index contributed by atoms with van der Waals surface area (Å²) in [6.07, 6.45) is 0.187. The van der Waals surface area contributed by atoms with E-state index in [9.17, 15) is 4.79 Å². The van der Waals surface area contributed by atoms with Gasteiger partial charge in [0.25, 0.3) is 5.91 Å². The highest BCUT2D eigenvalue weighted by Crippen LogP contribution is 2.53. The Morgan fingerprint density at radius 1 is 1.30 bits per heavy atom. The first-order valence-corrected chi connectivity index (χ1v) is 7.25. The zero-order chi connectivity index (χ0) is 14.5. The first-order chi connectivity index (χ1) is 9.47. The lowest BCUT2D eigenvalue weighted by Gasteiger charge is -2.30. The van der Waals surface area contributed by atoms with E-state index >= 15 is 0 Å². The van der Waals surface area contributed by atoms with E-state index in [0.29, 0.717) is 5.56 Å². The largest absolute Gasteiger partial charge is 0.485 e. The van der Waals surface area contributed by atoms with E-state index in [2.05, 4.69) is 0 Å². The van der Waals surface area contributed by atoms with Gasteiger partial charge in [0.1, 0.15) is 23.6 Å². The van der Waals surface area contributed by atoms with Crippen molar-refractivity contribution in [3.05, 3.63) is 29.3 Å². The van der Waals surface area contributed by atoms with Gasteiger partial charge in [-0.2, -0.15) is 0 Å². The predicted octanol–water partition coefficient (Wildman–Crippen LogP) is 2.78. The molecule has 3 rings (SSSR count). The van der Waals surface area contributed by atoms with Crippen LogP contribution in [0.4, 0.5) is 0 Å². The maximum atomic E-state index is 12.4. The Morgan fingerprint density at radius 2 is 2.00 bits per heavy atom. The number of hydrogen-bond donors (Lipinski definition) is 0. The van der Waals surface area contributed by atoms with Crippen molar-refractivity contribution in [3.63, 3.8) is 0 Å². The first-order valence-electron chi connectivity index (χ1n) is 7.25. The molecule has 2 aliphatic rings. The van der Waals surface area contributed by atoms with Crippen molar-refractivity contribution < 1.29 is 14.3 Å². The number of rotatable bonds is 3. The molecule has 108 valence electrons. The fourth-order valence-corrected chi connectivity index (χ4v) is 2.91. The fraction of sp³-hybridized carbons (Fsp3) is 0.562. The molecule has 4 heteroatoms. The first kappa shape index (κ1) is 13.4. The van der Waals surface area contributed by atoms with Crippen LogP contribution in [0.25, 0.3) is 0 Å². The maximum absolute atomic E-state index is 12.4. The Bertz CT molecular complexity index is 549. The lowest BCUT2D eigenvalue weighted by atomic mass is 9.93. The average molecular weight is 275 g/mol. The molecular weight excluding hydrogens is 254 g/mol. The topological polar surface area (TPSA) is 42.1 Å². The summed E-state index contributed by atoms with van der Waals surface area (Å²) >= 11 is 0. The predicted molar refractivity (Wildman–Crippen MR) is 76.0 cm³/mol. The van der Waals surface area contributed by atoms with Gasteiger partial charge >= 0.3 is 0 Å². The molecule has 1 saturated heterocycles.